The molecule has 0 aliphatic rings. The number of hydrogen-bond acceptors (Lipinski definition) is 3. The average Bonchev–Trinajstić information content (AvgIpc) is 2.59. The van der Waals surface area contributed by atoms with Gasteiger partial charge in [0.05, 0.1) is 6.61 Å². The molecule has 0 saturated heterocycles. The highest BCUT2D eigenvalue weighted by atomic mass is 32.1. The van der Waals surface area contributed by atoms with Crippen LogP contribution < -0.4 is 5.32 Å². The molecule has 0 aliphatic carbocycles. The van der Waals surface area contributed by atoms with Gasteiger partial charge in [-0.25, -0.2) is 0 Å². The molecule has 2 N–H and O–H groups in total. The van der Waals surface area contributed by atoms with E-state index in [0.717, 1.165) is 13.0 Å². The molecule has 1 unspecified atom stereocenters. The van der Waals surface area contributed by atoms with E-state index >= 15 is 0 Å². The van der Waals surface area contributed by atoms with E-state index in [-0.39, 0.29) is 12.6 Å². The number of hydrogen-bond donors (Lipinski definition) is 2. The third-order valence-electron chi connectivity index (χ3n) is 1.86. The fourth-order valence-electron chi connectivity index (χ4n) is 0.996. The van der Waals surface area contributed by atoms with Gasteiger partial charge in [-0.3, -0.25) is 0 Å². The summed E-state index contributed by atoms with van der Waals surface area (Å²) in [6, 6.07) is 4.38. The zero-order valence-corrected chi connectivity index (χ0v) is 8.10. The molecular weight excluding hydrogens is 170 g/mol. The molecule has 0 aliphatic heterocycles. The quantitative estimate of drug-likeness (QED) is 0.730. The second kappa shape index (κ2) is 5.30. The predicted octanol–water partition coefficient (Wildman–Crippen LogP) is 1.61. The minimum Gasteiger partial charge on any atom is -0.395 e. The summed E-state index contributed by atoms with van der Waals surface area (Å²) in [6.07, 6.45) is 0.974. The molecule has 0 saturated carbocycles. The number of aliphatic hydroxyl groups is 1. The van der Waals surface area contributed by atoms with Crippen LogP contribution in [-0.2, 0) is 6.54 Å². The maximum absolute atomic E-state index is 8.90. The van der Waals surface area contributed by atoms with Crippen molar-refractivity contribution in [1.82, 2.24) is 5.32 Å². The predicted molar refractivity (Wildman–Crippen MR) is 52.3 cm³/mol. The first-order valence-electron chi connectivity index (χ1n) is 4.23. The van der Waals surface area contributed by atoms with Gasteiger partial charge in [0.25, 0.3) is 0 Å². The van der Waals surface area contributed by atoms with Crippen LogP contribution in [0.25, 0.3) is 0 Å². The van der Waals surface area contributed by atoms with E-state index < -0.39 is 0 Å². The zero-order valence-electron chi connectivity index (χ0n) is 7.29. The highest BCUT2D eigenvalue weighted by Gasteiger charge is 2.02. The van der Waals surface area contributed by atoms with Crippen molar-refractivity contribution in [1.29, 1.82) is 0 Å². The third-order valence-corrected chi connectivity index (χ3v) is 2.73. The monoisotopic (exact) mass is 185 g/mol. The molecule has 0 amide bonds. The molecule has 1 rings (SSSR count). The number of nitrogens with one attached hydrogen (secondary N) is 1. The summed E-state index contributed by atoms with van der Waals surface area (Å²) < 4.78 is 0. The van der Waals surface area contributed by atoms with Crippen LogP contribution in [0.5, 0.6) is 0 Å². The molecule has 1 aromatic rings. The third kappa shape index (κ3) is 2.93. The van der Waals surface area contributed by atoms with Gasteiger partial charge in [-0.2, -0.15) is 0 Å². The van der Waals surface area contributed by atoms with E-state index in [1.54, 1.807) is 11.3 Å². The molecule has 1 aromatic heterocycles. The van der Waals surface area contributed by atoms with Crippen molar-refractivity contribution in [2.45, 2.75) is 25.9 Å². The fraction of sp³-hybridized carbons (Fsp3) is 0.556. The molecule has 68 valence electrons. The maximum atomic E-state index is 8.90. The zero-order chi connectivity index (χ0) is 8.81. The van der Waals surface area contributed by atoms with E-state index in [9.17, 15) is 0 Å². The average molecular weight is 185 g/mol. The highest BCUT2D eigenvalue weighted by molar-refractivity contribution is 7.09. The highest BCUT2D eigenvalue weighted by Crippen LogP contribution is 2.07. The van der Waals surface area contributed by atoms with Gasteiger partial charge in [-0.1, -0.05) is 13.0 Å². The van der Waals surface area contributed by atoms with Crippen molar-refractivity contribution in [3.05, 3.63) is 22.4 Å². The van der Waals surface area contributed by atoms with Crippen molar-refractivity contribution in [2.24, 2.45) is 0 Å². The second-order valence-electron chi connectivity index (χ2n) is 2.75. The Balaban J connectivity index is 2.25. The Morgan fingerprint density at radius 3 is 3.00 bits per heavy atom. The van der Waals surface area contributed by atoms with Gasteiger partial charge in [0.2, 0.25) is 0 Å². The molecule has 12 heavy (non-hydrogen) atoms. The molecule has 0 fully saturated rings. The van der Waals surface area contributed by atoms with Gasteiger partial charge in [0.1, 0.15) is 0 Å². The largest absolute Gasteiger partial charge is 0.395 e. The van der Waals surface area contributed by atoms with Crippen LogP contribution in [0, 0.1) is 0 Å². The van der Waals surface area contributed by atoms with Gasteiger partial charge in [-0.05, 0) is 17.9 Å². The maximum Gasteiger partial charge on any atom is 0.0584 e. The Kier molecular flexibility index (Phi) is 4.29. The van der Waals surface area contributed by atoms with E-state index in [2.05, 4.69) is 23.7 Å². The van der Waals surface area contributed by atoms with Gasteiger partial charge < -0.3 is 10.4 Å². The van der Waals surface area contributed by atoms with Gasteiger partial charge in [-0.15, -0.1) is 11.3 Å². The molecule has 0 spiro atoms. The number of rotatable bonds is 5. The second-order valence-corrected chi connectivity index (χ2v) is 3.78. The molecule has 3 heteroatoms. The van der Waals surface area contributed by atoms with Crippen molar-refractivity contribution in [2.75, 3.05) is 6.61 Å². The minimum atomic E-state index is 0.224. The summed E-state index contributed by atoms with van der Waals surface area (Å²) >= 11 is 1.74. The van der Waals surface area contributed by atoms with Gasteiger partial charge >= 0.3 is 0 Å². The standard InChI is InChI=1S/C9H15NOS/c1-2-8(7-11)10-6-9-4-3-5-12-9/h3-5,8,10-11H,2,6-7H2,1H3. The van der Waals surface area contributed by atoms with Crippen molar-refractivity contribution in [3.63, 3.8) is 0 Å². The first-order chi connectivity index (χ1) is 5.86. The lowest BCUT2D eigenvalue weighted by Gasteiger charge is -2.12. The van der Waals surface area contributed by atoms with Gasteiger partial charge in [0, 0.05) is 17.5 Å². The molecule has 2 nitrogen and oxygen atoms in total. The van der Waals surface area contributed by atoms with Crippen LogP contribution in [0.3, 0.4) is 0 Å². The van der Waals surface area contributed by atoms with Crippen LogP contribution in [0.15, 0.2) is 17.5 Å². The fourth-order valence-corrected chi connectivity index (χ4v) is 1.65. The van der Waals surface area contributed by atoms with Crippen LogP contribution in [0.1, 0.15) is 18.2 Å². The Morgan fingerprint density at radius 2 is 2.50 bits per heavy atom. The lowest BCUT2D eigenvalue weighted by Crippen LogP contribution is -2.30. The Labute approximate surface area is 77.2 Å². The summed E-state index contributed by atoms with van der Waals surface area (Å²) in [5.41, 5.74) is 0. The summed E-state index contributed by atoms with van der Waals surface area (Å²) in [4.78, 5) is 1.32. The molecular formula is C9H15NOS. The Hall–Kier alpha value is -0.380. The SMILES string of the molecule is CCC(CO)NCc1cccs1. The van der Waals surface area contributed by atoms with E-state index in [4.69, 9.17) is 5.11 Å². The summed E-state index contributed by atoms with van der Waals surface area (Å²) in [5.74, 6) is 0. The van der Waals surface area contributed by atoms with Crippen molar-refractivity contribution in [3.8, 4) is 0 Å². The molecule has 0 radical (unpaired) electrons. The Morgan fingerprint density at radius 1 is 1.67 bits per heavy atom. The van der Waals surface area contributed by atoms with E-state index in [1.807, 2.05) is 6.07 Å². The lowest BCUT2D eigenvalue weighted by molar-refractivity contribution is 0.238. The van der Waals surface area contributed by atoms with Crippen LogP contribution in [-0.4, -0.2) is 17.8 Å². The normalized spacial score (nSPS) is 13.2. The molecule has 0 aromatic carbocycles. The minimum absolute atomic E-state index is 0.224. The summed E-state index contributed by atoms with van der Waals surface area (Å²) in [5, 5.41) is 14.2. The van der Waals surface area contributed by atoms with Crippen molar-refractivity contribution >= 4 is 11.3 Å². The van der Waals surface area contributed by atoms with E-state index in [1.165, 1.54) is 4.88 Å². The Bertz CT molecular complexity index is 194. The van der Waals surface area contributed by atoms with Crippen LogP contribution in [0.2, 0.25) is 0 Å². The number of aliphatic hydroxyl groups excluding tert-OH is 1. The van der Waals surface area contributed by atoms with Crippen LogP contribution in [0.4, 0.5) is 0 Å². The topological polar surface area (TPSA) is 32.3 Å². The van der Waals surface area contributed by atoms with Crippen molar-refractivity contribution < 1.29 is 5.11 Å². The first kappa shape index (κ1) is 9.71. The van der Waals surface area contributed by atoms with Crippen LogP contribution >= 0.6 is 11.3 Å². The molecule has 0 bridgehead atoms. The molecule has 1 heterocycles. The van der Waals surface area contributed by atoms with E-state index in [0.29, 0.717) is 0 Å². The van der Waals surface area contributed by atoms with Gasteiger partial charge in [0.15, 0.2) is 0 Å². The summed E-state index contributed by atoms with van der Waals surface area (Å²) in [6.45, 7) is 3.17. The number of thiophene rings is 1. The first-order valence-corrected chi connectivity index (χ1v) is 5.11. The lowest BCUT2D eigenvalue weighted by atomic mass is 10.2. The smallest absolute Gasteiger partial charge is 0.0584 e. The summed E-state index contributed by atoms with van der Waals surface area (Å²) in [7, 11) is 0. The molecule has 1 atom stereocenters.